The van der Waals surface area contributed by atoms with Crippen molar-refractivity contribution in [2.24, 2.45) is 0 Å². The summed E-state index contributed by atoms with van der Waals surface area (Å²) in [6.45, 7) is 4.99. The van der Waals surface area contributed by atoms with Crippen LogP contribution in [0.4, 0.5) is 10.1 Å². The molecule has 1 atom stereocenters. The molecule has 10 nitrogen and oxygen atoms in total. The number of ether oxygens (including phenoxy) is 2. The molecule has 2 N–H and O–H groups in total. The van der Waals surface area contributed by atoms with Gasteiger partial charge in [-0.1, -0.05) is 13.8 Å². The van der Waals surface area contributed by atoms with Crippen molar-refractivity contribution in [1.82, 2.24) is 20.0 Å². The number of rotatable bonds is 10. The second-order valence-corrected chi connectivity index (χ2v) is 12.2. The van der Waals surface area contributed by atoms with Crippen molar-refractivity contribution in [2.45, 2.75) is 62.6 Å². The molecule has 3 aromatic rings. The molecule has 218 valence electrons. The minimum absolute atomic E-state index is 0.00857. The lowest BCUT2D eigenvalue weighted by Gasteiger charge is -2.43. The number of hydrogen-bond donors (Lipinski definition) is 2. The first kappa shape index (κ1) is 28.1. The van der Waals surface area contributed by atoms with Crippen molar-refractivity contribution >= 4 is 33.8 Å². The van der Waals surface area contributed by atoms with E-state index in [2.05, 4.69) is 20.0 Å². The molecule has 41 heavy (non-hydrogen) atoms. The number of hydrogen-bond acceptors (Lipinski definition) is 8. The van der Waals surface area contributed by atoms with Gasteiger partial charge in [0.15, 0.2) is 0 Å². The Morgan fingerprint density at radius 1 is 1.22 bits per heavy atom. The number of likely N-dealkylation sites (N-methyl/N-ethyl adjacent to an activating group) is 1. The van der Waals surface area contributed by atoms with Gasteiger partial charge in [-0.25, -0.2) is 14.1 Å². The summed E-state index contributed by atoms with van der Waals surface area (Å²) < 4.78 is 53.1. The van der Waals surface area contributed by atoms with E-state index in [1.807, 2.05) is 13.8 Å². The zero-order valence-electron chi connectivity index (χ0n) is 23.5. The number of pyridine rings is 2. The molecule has 0 saturated heterocycles. The van der Waals surface area contributed by atoms with Gasteiger partial charge in [0.2, 0.25) is 11.8 Å². The summed E-state index contributed by atoms with van der Waals surface area (Å²) in [5.74, 6) is -0.191. The molecular formula is C29H33FN5O5S-. The summed E-state index contributed by atoms with van der Waals surface area (Å²) in [6.07, 6.45) is 5.39. The molecule has 12 heteroatoms. The normalized spacial score (nSPS) is 23.2. The molecule has 1 aromatic carbocycles. The average Bonchev–Trinajstić information content (AvgIpc) is 3.64. The van der Waals surface area contributed by atoms with Crippen LogP contribution in [-0.2, 0) is 31.8 Å². The fraction of sp³-hybridized carbons (Fsp3) is 0.483. The molecule has 0 bridgehead atoms. The molecule has 2 saturated carbocycles. The minimum Gasteiger partial charge on any atom is -0.760 e. The van der Waals surface area contributed by atoms with Crippen molar-refractivity contribution in [2.75, 3.05) is 32.2 Å². The van der Waals surface area contributed by atoms with Gasteiger partial charge in [-0.05, 0) is 37.8 Å². The number of benzene rings is 1. The first-order valence-electron chi connectivity index (χ1n) is 13.8. The van der Waals surface area contributed by atoms with Gasteiger partial charge in [0.05, 0.1) is 34.5 Å². The molecule has 0 radical (unpaired) electrons. The van der Waals surface area contributed by atoms with Crippen molar-refractivity contribution in [3.05, 3.63) is 47.5 Å². The summed E-state index contributed by atoms with van der Waals surface area (Å²) in [4.78, 5) is 24.0. The van der Waals surface area contributed by atoms with E-state index >= 15 is 4.39 Å². The number of amides is 1. The van der Waals surface area contributed by atoms with E-state index in [0.29, 0.717) is 72.4 Å². The molecule has 1 unspecified atom stereocenters. The topological polar surface area (TPSA) is 129 Å². The smallest absolute Gasteiger partial charge is 0.237 e. The van der Waals surface area contributed by atoms with E-state index in [9.17, 15) is 13.6 Å². The predicted molar refractivity (Wildman–Crippen MR) is 152 cm³/mol. The molecule has 2 fully saturated rings. The third-order valence-corrected chi connectivity index (χ3v) is 9.13. The summed E-state index contributed by atoms with van der Waals surface area (Å²) in [6, 6.07) is 5.16. The van der Waals surface area contributed by atoms with Crippen LogP contribution in [0.25, 0.3) is 22.0 Å². The molecule has 1 aliphatic heterocycles. The highest BCUT2D eigenvalue weighted by Gasteiger charge is 2.59. The van der Waals surface area contributed by atoms with Gasteiger partial charge in [-0.2, -0.15) is 0 Å². The Morgan fingerprint density at radius 3 is 2.63 bits per heavy atom. The maximum atomic E-state index is 15.7. The second kappa shape index (κ2) is 10.4. The fourth-order valence-corrected chi connectivity index (χ4v) is 6.88. The summed E-state index contributed by atoms with van der Waals surface area (Å²) in [7, 11) is 3.38. The third-order valence-electron chi connectivity index (χ3n) is 8.58. The van der Waals surface area contributed by atoms with Crippen molar-refractivity contribution in [1.29, 1.82) is 0 Å². The Labute approximate surface area is 240 Å². The van der Waals surface area contributed by atoms with Crippen LogP contribution in [0.1, 0.15) is 50.7 Å². The maximum Gasteiger partial charge on any atom is 0.237 e. The van der Waals surface area contributed by atoms with Gasteiger partial charge >= 0.3 is 0 Å². The number of anilines is 1. The molecule has 2 aromatic heterocycles. The molecule has 1 spiro atoms. The first-order valence-corrected chi connectivity index (χ1v) is 14.8. The number of aromatic nitrogens is 2. The monoisotopic (exact) mass is 582 g/mol. The highest BCUT2D eigenvalue weighted by molar-refractivity contribution is 7.77. The van der Waals surface area contributed by atoms with E-state index < -0.39 is 28.0 Å². The molecule has 6 rings (SSSR count). The van der Waals surface area contributed by atoms with Crippen LogP contribution in [0.5, 0.6) is 5.88 Å². The third kappa shape index (κ3) is 4.71. The standard InChI is InChI=1S/C29H34FN5O5S/c1-16(2)31-7-8-40-26-21(29(5-6-29)34-41(37)38)9-17(14-33-26)19-10-20-23(11-22(19)30)32-15-24-25(20)28(27(36)35(24)3)12-18(13-28)39-4/h9-11,14-16,18,31,34H,5-8,12-13H2,1-4H3,(H,37,38)/p-1. The highest BCUT2D eigenvalue weighted by atomic mass is 32.2. The van der Waals surface area contributed by atoms with Crippen LogP contribution < -0.4 is 19.7 Å². The number of carbonyl (C=O) groups is 1. The molecule has 1 amide bonds. The maximum absolute atomic E-state index is 15.7. The van der Waals surface area contributed by atoms with Gasteiger partial charge in [0, 0.05) is 77.9 Å². The number of halogens is 1. The Kier molecular flexibility index (Phi) is 7.10. The van der Waals surface area contributed by atoms with E-state index in [1.54, 1.807) is 37.4 Å². The first-order chi connectivity index (χ1) is 19.6. The quantitative estimate of drug-likeness (QED) is 0.276. The Hall–Kier alpha value is -3.03. The zero-order valence-corrected chi connectivity index (χ0v) is 24.3. The Bertz CT molecular complexity index is 1560. The van der Waals surface area contributed by atoms with Crippen LogP contribution in [0.3, 0.4) is 0 Å². The van der Waals surface area contributed by atoms with Gasteiger partial charge < -0.3 is 24.2 Å². The van der Waals surface area contributed by atoms with E-state index in [0.717, 1.165) is 5.56 Å². The predicted octanol–water partition coefficient (Wildman–Crippen LogP) is 3.21. The number of nitrogens with one attached hydrogen (secondary N) is 2. The molecule has 2 aliphatic carbocycles. The largest absolute Gasteiger partial charge is 0.760 e. The summed E-state index contributed by atoms with van der Waals surface area (Å²) in [5.41, 5.74) is 1.76. The Morgan fingerprint density at radius 2 is 1.98 bits per heavy atom. The highest BCUT2D eigenvalue weighted by Crippen LogP contribution is 2.56. The lowest BCUT2D eigenvalue weighted by molar-refractivity contribution is -0.131. The molecule has 3 aliphatic rings. The number of methoxy groups -OCH3 is 1. The van der Waals surface area contributed by atoms with Gasteiger partial charge in [-0.15, -0.1) is 0 Å². The number of fused-ring (bicyclic) bond motifs is 4. The van der Waals surface area contributed by atoms with Gasteiger partial charge in [0.1, 0.15) is 12.4 Å². The van der Waals surface area contributed by atoms with Gasteiger partial charge in [0.25, 0.3) is 0 Å². The van der Waals surface area contributed by atoms with Crippen LogP contribution in [0.2, 0.25) is 0 Å². The Balaban J connectivity index is 1.44. The van der Waals surface area contributed by atoms with Crippen LogP contribution in [0.15, 0.2) is 30.6 Å². The van der Waals surface area contributed by atoms with E-state index in [-0.39, 0.29) is 23.6 Å². The SMILES string of the molecule is COC1CC2(C1)C(=O)N(C)c1cnc3cc(F)c(-c4cnc(OCCNC(C)C)c(C5(NS(=O)[O-])CC5)c4)cc3c12. The summed E-state index contributed by atoms with van der Waals surface area (Å²) in [5, 5.41) is 3.98. The van der Waals surface area contributed by atoms with Crippen LogP contribution in [-0.4, -0.2) is 64.1 Å². The van der Waals surface area contributed by atoms with Crippen LogP contribution >= 0.6 is 0 Å². The molecule has 3 heterocycles. The average molecular weight is 583 g/mol. The number of carbonyl (C=O) groups excluding carboxylic acids is 1. The molecular weight excluding hydrogens is 549 g/mol. The van der Waals surface area contributed by atoms with E-state index in [1.165, 1.54) is 12.3 Å². The zero-order chi connectivity index (χ0) is 29.1. The summed E-state index contributed by atoms with van der Waals surface area (Å²) >= 11 is -2.51. The second-order valence-electron chi connectivity index (χ2n) is 11.5. The van der Waals surface area contributed by atoms with Gasteiger partial charge in [-0.3, -0.25) is 14.0 Å². The number of nitrogens with zero attached hydrogens (tertiary/aromatic N) is 3. The van der Waals surface area contributed by atoms with E-state index in [4.69, 9.17) is 9.47 Å². The van der Waals surface area contributed by atoms with Crippen molar-refractivity contribution in [3.8, 4) is 17.0 Å². The fourth-order valence-electron chi connectivity index (χ4n) is 6.25. The minimum atomic E-state index is -2.51. The lowest BCUT2D eigenvalue weighted by Crippen LogP contribution is -2.51. The lowest BCUT2D eigenvalue weighted by atomic mass is 9.62. The van der Waals surface area contributed by atoms with Crippen molar-refractivity contribution < 1.29 is 27.4 Å². The van der Waals surface area contributed by atoms with Crippen molar-refractivity contribution in [3.63, 3.8) is 0 Å². The van der Waals surface area contributed by atoms with Crippen LogP contribution in [0, 0.1) is 5.82 Å².